The third-order valence-corrected chi connectivity index (χ3v) is 13.8. The number of rotatable bonds is 57. The molecule has 0 aromatic heterocycles. The highest BCUT2D eigenvalue weighted by molar-refractivity contribution is 5.70. The van der Waals surface area contributed by atoms with E-state index in [1.54, 1.807) is 0 Å². The predicted octanol–water partition coefficient (Wildman–Crippen LogP) is 21.0. The van der Waals surface area contributed by atoms with Crippen molar-refractivity contribution < 1.29 is 24.2 Å². The highest BCUT2D eigenvalue weighted by Gasteiger charge is 2.16. The Labute approximate surface area is 436 Å². The maximum atomic E-state index is 12.3. The van der Waals surface area contributed by atoms with Crippen LogP contribution in [0.4, 0.5) is 0 Å². The van der Waals surface area contributed by atoms with Crippen molar-refractivity contribution in [2.75, 3.05) is 13.2 Å². The Morgan fingerprint density at radius 2 is 0.571 bits per heavy atom. The summed E-state index contributed by atoms with van der Waals surface area (Å²) in [7, 11) is 0. The van der Waals surface area contributed by atoms with Gasteiger partial charge in [0.15, 0.2) is 6.10 Å². The van der Waals surface area contributed by atoms with Gasteiger partial charge in [0, 0.05) is 12.8 Å². The molecule has 0 spiro atoms. The molecule has 0 saturated heterocycles. The predicted molar refractivity (Wildman–Crippen MR) is 307 cm³/mol. The van der Waals surface area contributed by atoms with Gasteiger partial charge in [0.05, 0.1) is 6.61 Å². The third-order valence-electron chi connectivity index (χ3n) is 13.8. The SMILES string of the molecule is CCCCCCC/C=C\C/C=C\C/C=C\CCCCCCCCCCCCC(=O)OC(CO)COC(=O)CCCCCCCCCCCCCCCCCCCCC/C=C\C/C=C\CCCCCCC. The minimum Gasteiger partial charge on any atom is -0.462 e. The number of hydrogen-bond acceptors (Lipinski definition) is 5. The first kappa shape index (κ1) is 67.6. The maximum Gasteiger partial charge on any atom is 0.306 e. The minimum absolute atomic E-state index is 0.0656. The molecule has 0 fully saturated rings. The van der Waals surface area contributed by atoms with Crippen molar-refractivity contribution in [3.63, 3.8) is 0 Å². The van der Waals surface area contributed by atoms with Gasteiger partial charge >= 0.3 is 11.9 Å². The Hall–Kier alpha value is -2.40. The average Bonchev–Trinajstić information content (AvgIpc) is 3.36. The van der Waals surface area contributed by atoms with Crippen molar-refractivity contribution in [3.8, 4) is 0 Å². The van der Waals surface area contributed by atoms with Gasteiger partial charge < -0.3 is 14.6 Å². The molecule has 0 bridgehead atoms. The number of carbonyl (C=O) groups excluding carboxylic acids is 2. The van der Waals surface area contributed by atoms with E-state index in [9.17, 15) is 14.7 Å². The van der Waals surface area contributed by atoms with Crippen LogP contribution in [0.1, 0.15) is 322 Å². The van der Waals surface area contributed by atoms with Gasteiger partial charge in [0.1, 0.15) is 6.61 Å². The molecule has 0 aliphatic rings. The zero-order valence-electron chi connectivity index (χ0n) is 46.8. The largest absolute Gasteiger partial charge is 0.462 e. The molecule has 1 unspecified atom stereocenters. The summed E-state index contributed by atoms with van der Waals surface area (Å²) >= 11 is 0. The van der Waals surface area contributed by atoms with Crippen LogP contribution in [0.3, 0.4) is 0 Å². The Bertz CT molecular complexity index is 1200. The van der Waals surface area contributed by atoms with E-state index in [0.29, 0.717) is 12.8 Å². The second-order valence-corrected chi connectivity index (χ2v) is 20.8. The fourth-order valence-corrected chi connectivity index (χ4v) is 9.13. The fraction of sp³-hybridized carbons (Fsp3) is 0.815. The van der Waals surface area contributed by atoms with Gasteiger partial charge in [-0.2, -0.15) is 0 Å². The van der Waals surface area contributed by atoms with E-state index in [4.69, 9.17) is 9.47 Å². The zero-order chi connectivity index (χ0) is 50.6. The number of hydrogen-bond donors (Lipinski definition) is 1. The van der Waals surface area contributed by atoms with Crippen LogP contribution in [0.15, 0.2) is 60.8 Å². The normalized spacial score (nSPS) is 12.6. The van der Waals surface area contributed by atoms with Crippen molar-refractivity contribution in [1.82, 2.24) is 0 Å². The van der Waals surface area contributed by atoms with Crippen molar-refractivity contribution in [2.24, 2.45) is 0 Å². The van der Waals surface area contributed by atoms with E-state index < -0.39 is 6.10 Å². The molecule has 408 valence electrons. The molecule has 0 saturated carbocycles. The summed E-state index contributed by atoms with van der Waals surface area (Å²) in [4.78, 5) is 24.6. The lowest BCUT2D eigenvalue weighted by atomic mass is 10.0. The molecular weight excluding hydrogens is 861 g/mol. The van der Waals surface area contributed by atoms with Gasteiger partial charge in [-0.25, -0.2) is 0 Å². The molecular formula is C65H118O5. The molecule has 5 nitrogen and oxygen atoms in total. The van der Waals surface area contributed by atoms with E-state index in [2.05, 4.69) is 74.6 Å². The Kier molecular flexibility index (Phi) is 58.8. The Morgan fingerprint density at radius 3 is 0.857 bits per heavy atom. The van der Waals surface area contributed by atoms with Crippen molar-refractivity contribution in [3.05, 3.63) is 60.8 Å². The molecule has 1 N–H and O–H groups in total. The summed E-state index contributed by atoms with van der Waals surface area (Å²) in [5.41, 5.74) is 0. The summed E-state index contributed by atoms with van der Waals surface area (Å²) in [5.74, 6) is -0.582. The van der Waals surface area contributed by atoms with Crippen molar-refractivity contribution in [1.29, 1.82) is 0 Å². The number of allylic oxidation sites excluding steroid dienone is 10. The molecule has 0 aliphatic carbocycles. The standard InChI is InChI=1S/C65H118O5/c1-3-5-7-9-11-13-15-17-19-21-23-25-27-29-30-31-32-33-34-36-37-39-41-43-45-47-49-51-53-55-57-59-64(67)69-62-63(61-66)70-65(68)60-58-56-54-52-50-48-46-44-42-40-38-35-28-26-24-22-20-18-16-14-12-10-8-6-4-2/h15-18,21-24,28,35,63,66H,3-14,19-20,25-27,29-34,36-62H2,1-2H3/b17-15-,18-16-,23-21-,24-22-,35-28-. The van der Waals surface area contributed by atoms with Gasteiger partial charge in [0.25, 0.3) is 0 Å². The molecule has 70 heavy (non-hydrogen) atoms. The lowest BCUT2D eigenvalue weighted by molar-refractivity contribution is -0.161. The fourth-order valence-electron chi connectivity index (χ4n) is 9.13. The van der Waals surface area contributed by atoms with Crippen LogP contribution in [0.2, 0.25) is 0 Å². The van der Waals surface area contributed by atoms with Crippen LogP contribution in [0.5, 0.6) is 0 Å². The highest BCUT2D eigenvalue weighted by atomic mass is 16.6. The van der Waals surface area contributed by atoms with E-state index in [-0.39, 0.29) is 25.2 Å². The topological polar surface area (TPSA) is 72.8 Å². The molecule has 5 heteroatoms. The van der Waals surface area contributed by atoms with Crippen molar-refractivity contribution >= 4 is 11.9 Å². The van der Waals surface area contributed by atoms with Crippen LogP contribution < -0.4 is 0 Å². The van der Waals surface area contributed by atoms with Crippen LogP contribution in [0.25, 0.3) is 0 Å². The number of carbonyl (C=O) groups is 2. The van der Waals surface area contributed by atoms with E-state index in [1.807, 2.05) is 0 Å². The van der Waals surface area contributed by atoms with E-state index in [0.717, 1.165) is 57.8 Å². The van der Waals surface area contributed by atoms with Gasteiger partial charge in [-0.3, -0.25) is 9.59 Å². The lowest BCUT2D eigenvalue weighted by Crippen LogP contribution is -2.28. The number of aliphatic hydroxyl groups excluding tert-OH is 1. The number of aliphatic hydroxyl groups is 1. The number of ether oxygens (including phenoxy) is 2. The number of esters is 2. The monoisotopic (exact) mass is 979 g/mol. The van der Waals surface area contributed by atoms with E-state index >= 15 is 0 Å². The van der Waals surface area contributed by atoms with Crippen LogP contribution in [0, 0.1) is 0 Å². The molecule has 0 aliphatic heterocycles. The Balaban J connectivity index is 3.45. The maximum absolute atomic E-state index is 12.3. The molecule has 0 radical (unpaired) electrons. The quantitative estimate of drug-likeness (QED) is 0.0373. The second kappa shape index (κ2) is 60.9. The summed E-state index contributed by atoms with van der Waals surface area (Å²) in [6.45, 7) is 4.15. The van der Waals surface area contributed by atoms with E-state index in [1.165, 1.54) is 238 Å². The smallest absolute Gasteiger partial charge is 0.306 e. The summed E-state index contributed by atoms with van der Waals surface area (Å²) < 4.78 is 10.7. The first-order chi connectivity index (χ1) is 34.6. The lowest BCUT2D eigenvalue weighted by Gasteiger charge is -2.15. The summed E-state index contributed by atoms with van der Waals surface area (Å²) in [5, 5.41) is 9.67. The van der Waals surface area contributed by atoms with Crippen LogP contribution in [-0.2, 0) is 19.1 Å². The summed E-state index contributed by atoms with van der Waals surface area (Å²) in [6, 6.07) is 0. The molecule has 0 heterocycles. The molecule has 0 aromatic rings. The molecule has 0 rings (SSSR count). The van der Waals surface area contributed by atoms with Gasteiger partial charge in [0.2, 0.25) is 0 Å². The summed E-state index contributed by atoms with van der Waals surface area (Å²) in [6.07, 6.45) is 82.1. The Morgan fingerprint density at radius 1 is 0.329 bits per heavy atom. The highest BCUT2D eigenvalue weighted by Crippen LogP contribution is 2.17. The van der Waals surface area contributed by atoms with Gasteiger partial charge in [-0.15, -0.1) is 0 Å². The van der Waals surface area contributed by atoms with Gasteiger partial charge in [-0.1, -0.05) is 286 Å². The number of unbranched alkanes of at least 4 members (excludes halogenated alkanes) is 39. The molecule has 1 atom stereocenters. The second-order valence-electron chi connectivity index (χ2n) is 20.8. The third kappa shape index (κ3) is 58.2. The first-order valence-corrected chi connectivity index (χ1v) is 30.8. The average molecular weight is 980 g/mol. The van der Waals surface area contributed by atoms with Crippen molar-refractivity contribution in [2.45, 2.75) is 328 Å². The zero-order valence-corrected chi connectivity index (χ0v) is 46.8. The molecule has 0 amide bonds. The minimum atomic E-state index is -0.776. The first-order valence-electron chi connectivity index (χ1n) is 30.8. The van der Waals surface area contributed by atoms with Gasteiger partial charge in [-0.05, 0) is 83.5 Å². The van der Waals surface area contributed by atoms with Crippen LogP contribution in [-0.4, -0.2) is 36.4 Å². The molecule has 0 aromatic carbocycles. The van der Waals surface area contributed by atoms with Crippen LogP contribution >= 0.6 is 0 Å².